The number of hydrogen-bond donors (Lipinski definition) is 3. The number of nitrogens with one attached hydrogen (secondary N) is 1. The SMILES string of the molecule is Nc1ccc(NC2CC2C(=O)O)nc1. The molecule has 1 heterocycles. The van der Waals surface area contributed by atoms with E-state index in [0.29, 0.717) is 17.9 Å². The number of carboxylic acids is 1. The molecule has 0 aromatic carbocycles. The van der Waals surface area contributed by atoms with Gasteiger partial charge >= 0.3 is 5.97 Å². The third-order valence-electron chi connectivity index (χ3n) is 2.23. The lowest BCUT2D eigenvalue weighted by Crippen LogP contribution is -2.10. The molecule has 2 atom stereocenters. The highest BCUT2D eigenvalue weighted by molar-refractivity contribution is 5.75. The molecule has 0 saturated heterocycles. The number of carboxylic acid groups (broad SMARTS) is 1. The number of nitrogens with zero attached hydrogens (tertiary/aromatic N) is 1. The lowest BCUT2D eigenvalue weighted by molar-refractivity contribution is -0.138. The van der Waals surface area contributed by atoms with Crippen LogP contribution in [-0.4, -0.2) is 22.1 Å². The minimum atomic E-state index is -0.752. The number of anilines is 2. The highest BCUT2D eigenvalue weighted by atomic mass is 16.4. The molecule has 2 unspecified atom stereocenters. The van der Waals surface area contributed by atoms with E-state index in [1.54, 1.807) is 18.3 Å². The summed E-state index contributed by atoms with van der Waals surface area (Å²) in [5, 5.41) is 11.7. The van der Waals surface area contributed by atoms with Crippen LogP contribution >= 0.6 is 0 Å². The van der Waals surface area contributed by atoms with E-state index in [-0.39, 0.29) is 12.0 Å². The average molecular weight is 193 g/mol. The number of nitrogen functional groups attached to an aromatic ring is 1. The van der Waals surface area contributed by atoms with Gasteiger partial charge in [0.1, 0.15) is 5.82 Å². The van der Waals surface area contributed by atoms with Crippen molar-refractivity contribution in [3.05, 3.63) is 18.3 Å². The molecule has 5 heteroatoms. The monoisotopic (exact) mass is 193 g/mol. The van der Waals surface area contributed by atoms with E-state index in [0.717, 1.165) is 0 Å². The number of aromatic nitrogens is 1. The minimum Gasteiger partial charge on any atom is -0.481 e. The van der Waals surface area contributed by atoms with Crippen LogP contribution in [0.4, 0.5) is 11.5 Å². The molecule has 5 nitrogen and oxygen atoms in total. The van der Waals surface area contributed by atoms with Gasteiger partial charge < -0.3 is 16.2 Å². The molecule has 1 aromatic heterocycles. The van der Waals surface area contributed by atoms with Crippen molar-refractivity contribution in [2.75, 3.05) is 11.1 Å². The second kappa shape index (κ2) is 3.17. The Bertz CT molecular complexity index is 350. The molecule has 4 N–H and O–H groups in total. The zero-order chi connectivity index (χ0) is 10.1. The van der Waals surface area contributed by atoms with Crippen molar-refractivity contribution in [3.8, 4) is 0 Å². The number of nitrogens with two attached hydrogens (primary N) is 1. The summed E-state index contributed by atoms with van der Waals surface area (Å²) in [6, 6.07) is 3.49. The summed E-state index contributed by atoms with van der Waals surface area (Å²) in [7, 11) is 0. The zero-order valence-corrected chi connectivity index (χ0v) is 7.47. The van der Waals surface area contributed by atoms with Crippen LogP contribution in [0.5, 0.6) is 0 Å². The quantitative estimate of drug-likeness (QED) is 0.652. The van der Waals surface area contributed by atoms with Gasteiger partial charge in [0, 0.05) is 6.04 Å². The van der Waals surface area contributed by atoms with Crippen LogP contribution < -0.4 is 11.1 Å². The van der Waals surface area contributed by atoms with Crippen LogP contribution in [-0.2, 0) is 4.79 Å². The van der Waals surface area contributed by atoms with Crippen molar-refractivity contribution in [3.63, 3.8) is 0 Å². The Labute approximate surface area is 81.0 Å². The van der Waals surface area contributed by atoms with Gasteiger partial charge in [0.05, 0.1) is 17.8 Å². The van der Waals surface area contributed by atoms with Crippen LogP contribution in [0.1, 0.15) is 6.42 Å². The van der Waals surface area contributed by atoms with Crippen molar-refractivity contribution >= 4 is 17.5 Å². The van der Waals surface area contributed by atoms with Gasteiger partial charge in [-0.3, -0.25) is 4.79 Å². The molecule has 0 amide bonds. The Balaban J connectivity index is 1.94. The molecular formula is C9H11N3O2. The molecule has 1 fully saturated rings. The van der Waals surface area contributed by atoms with Crippen molar-refractivity contribution < 1.29 is 9.90 Å². The largest absolute Gasteiger partial charge is 0.481 e. The Morgan fingerprint density at radius 1 is 1.64 bits per heavy atom. The Morgan fingerprint density at radius 3 is 2.93 bits per heavy atom. The highest BCUT2D eigenvalue weighted by Crippen LogP contribution is 2.33. The summed E-state index contributed by atoms with van der Waals surface area (Å²) < 4.78 is 0. The van der Waals surface area contributed by atoms with Crippen molar-refractivity contribution in [2.45, 2.75) is 12.5 Å². The van der Waals surface area contributed by atoms with E-state index < -0.39 is 5.97 Å². The maximum absolute atomic E-state index is 10.5. The fourth-order valence-electron chi connectivity index (χ4n) is 1.31. The molecule has 0 spiro atoms. The fourth-order valence-corrected chi connectivity index (χ4v) is 1.31. The minimum absolute atomic E-state index is 0.0172. The number of rotatable bonds is 3. The predicted molar refractivity (Wildman–Crippen MR) is 51.8 cm³/mol. The van der Waals surface area contributed by atoms with Crippen LogP contribution in [0.2, 0.25) is 0 Å². The first-order valence-corrected chi connectivity index (χ1v) is 4.37. The smallest absolute Gasteiger partial charge is 0.308 e. The van der Waals surface area contributed by atoms with Gasteiger partial charge in [0.2, 0.25) is 0 Å². The van der Waals surface area contributed by atoms with Gasteiger partial charge in [-0.15, -0.1) is 0 Å². The molecule has 2 rings (SSSR count). The molecule has 0 bridgehead atoms. The standard InChI is InChI=1S/C9H11N3O2/c10-5-1-2-8(11-4-5)12-7-3-6(7)9(13)14/h1-2,4,6-7H,3,10H2,(H,11,12)(H,13,14). The third kappa shape index (κ3) is 1.76. The van der Waals surface area contributed by atoms with Crippen LogP contribution in [0.15, 0.2) is 18.3 Å². The second-order valence-electron chi connectivity index (χ2n) is 3.41. The van der Waals surface area contributed by atoms with E-state index >= 15 is 0 Å². The van der Waals surface area contributed by atoms with Gasteiger partial charge in [-0.1, -0.05) is 0 Å². The Kier molecular flexibility index (Phi) is 1.99. The Morgan fingerprint density at radius 2 is 2.43 bits per heavy atom. The topological polar surface area (TPSA) is 88.2 Å². The molecule has 74 valence electrons. The molecule has 1 aromatic rings. The number of aliphatic carboxylic acids is 1. The number of carbonyl (C=O) groups is 1. The summed E-state index contributed by atoms with van der Waals surface area (Å²) >= 11 is 0. The summed E-state index contributed by atoms with van der Waals surface area (Å²) in [5.41, 5.74) is 6.06. The van der Waals surface area contributed by atoms with Gasteiger partial charge in [-0.05, 0) is 18.6 Å². The first-order chi connectivity index (χ1) is 6.66. The van der Waals surface area contributed by atoms with Crippen LogP contribution in [0, 0.1) is 5.92 Å². The molecule has 14 heavy (non-hydrogen) atoms. The molecule has 1 aliphatic carbocycles. The van der Waals surface area contributed by atoms with E-state index in [2.05, 4.69) is 10.3 Å². The number of hydrogen-bond acceptors (Lipinski definition) is 4. The van der Waals surface area contributed by atoms with Crippen molar-refractivity contribution in [1.82, 2.24) is 4.98 Å². The van der Waals surface area contributed by atoms with Crippen LogP contribution in [0.25, 0.3) is 0 Å². The van der Waals surface area contributed by atoms with Gasteiger partial charge in [-0.2, -0.15) is 0 Å². The lowest BCUT2D eigenvalue weighted by atomic mass is 10.4. The maximum Gasteiger partial charge on any atom is 0.308 e. The molecule has 0 aliphatic heterocycles. The number of pyridine rings is 1. The third-order valence-corrected chi connectivity index (χ3v) is 2.23. The average Bonchev–Trinajstić information content (AvgIpc) is 2.88. The van der Waals surface area contributed by atoms with Gasteiger partial charge in [-0.25, -0.2) is 4.98 Å². The highest BCUT2D eigenvalue weighted by Gasteiger charge is 2.43. The second-order valence-corrected chi connectivity index (χ2v) is 3.41. The van der Waals surface area contributed by atoms with Crippen molar-refractivity contribution in [1.29, 1.82) is 0 Å². The molecule has 0 radical (unpaired) electrons. The fraction of sp³-hybridized carbons (Fsp3) is 0.333. The first kappa shape index (κ1) is 8.80. The molecule has 1 aliphatic rings. The van der Waals surface area contributed by atoms with Crippen molar-refractivity contribution in [2.24, 2.45) is 5.92 Å². The van der Waals surface area contributed by atoms with Crippen LogP contribution in [0.3, 0.4) is 0 Å². The maximum atomic E-state index is 10.5. The van der Waals surface area contributed by atoms with E-state index in [4.69, 9.17) is 10.8 Å². The summed E-state index contributed by atoms with van der Waals surface area (Å²) in [5.74, 6) is -0.347. The lowest BCUT2D eigenvalue weighted by Gasteiger charge is -2.03. The zero-order valence-electron chi connectivity index (χ0n) is 7.47. The Hall–Kier alpha value is -1.78. The normalized spacial score (nSPS) is 24.3. The van der Waals surface area contributed by atoms with E-state index in [9.17, 15) is 4.79 Å². The first-order valence-electron chi connectivity index (χ1n) is 4.37. The van der Waals surface area contributed by atoms with E-state index in [1.807, 2.05) is 0 Å². The molecule has 1 saturated carbocycles. The predicted octanol–water partition coefficient (Wildman–Crippen LogP) is 0.549. The van der Waals surface area contributed by atoms with Gasteiger partial charge in [0.25, 0.3) is 0 Å². The summed E-state index contributed by atoms with van der Waals surface area (Å²) in [4.78, 5) is 14.6. The summed E-state index contributed by atoms with van der Waals surface area (Å²) in [6.07, 6.45) is 2.21. The summed E-state index contributed by atoms with van der Waals surface area (Å²) in [6.45, 7) is 0. The van der Waals surface area contributed by atoms with E-state index in [1.165, 1.54) is 0 Å². The van der Waals surface area contributed by atoms with Gasteiger partial charge in [0.15, 0.2) is 0 Å². The molecular weight excluding hydrogens is 182 g/mol.